The lowest BCUT2D eigenvalue weighted by Gasteiger charge is -2.17. The van der Waals surface area contributed by atoms with E-state index in [0.717, 1.165) is 10.4 Å². The van der Waals surface area contributed by atoms with E-state index in [1.54, 1.807) is 18.2 Å². The van der Waals surface area contributed by atoms with Crippen LogP contribution in [0.5, 0.6) is 0 Å². The van der Waals surface area contributed by atoms with Crippen molar-refractivity contribution in [1.82, 2.24) is 0 Å². The number of hydrogen-bond donors (Lipinski definition) is 0. The van der Waals surface area contributed by atoms with Crippen molar-refractivity contribution in [3.63, 3.8) is 0 Å². The van der Waals surface area contributed by atoms with Gasteiger partial charge < -0.3 is 4.74 Å². The Morgan fingerprint density at radius 2 is 1.95 bits per heavy atom. The lowest BCUT2D eigenvalue weighted by molar-refractivity contribution is -0.143. The van der Waals surface area contributed by atoms with Crippen molar-refractivity contribution in [1.29, 1.82) is 0 Å². The fourth-order valence-corrected chi connectivity index (χ4v) is 3.68. The molecule has 0 bridgehead atoms. The molecule has 0 fully saturated rings. The maximum Gasteiger partial charge on any atom is 0.317 e. The first-order valence-corrected chi connectivity index (χ1v) is 6.96. The number of benzene rings is 1. The van der Waals surface area contributed by atoms with Gasteiger partial charge in [-0.05, 0) is 29.1 Å². The number of thiophene rings is 1. The second kappa shape index (κ2) is 4.83. The van der Waals surface area contributed by atoms with Gasteiger partial charge in [-0.2, -0.15) is 0 Å². The minimum Gasteiger partial charge on any atom is -0.468 e. The van der Waals surface area contributed by atoms with Crippen LogP contribution in [0.4, 0.5) is 4.39 Å². The monoisotopic (exact) mass is 290 g/mol. The highest BCUT2D eigenvalue weighted by atomic mass is 32.1. The molecule has 1 aromatic carbocycles. The Labute approximate surface area is 119 Å². The average molecular weight is 290 g/mol. The van der Waals surface area contributed by atoms with Crippen LogP contribution < -0.4 is 0 Å². The van der Waals surface area contributed by atoms with E-state index >= 15 is 0 Å². The van der Waals surface area contributed by atoms with Gasteiger partial charge in [0.2, 0.25) is 0 Å². The first kappa shape index (κ1) is 13.0. The first-order valence-electron chi connectivity index (χ1n) is 6.08. The molecule has 0 aliphatic heterocycles. The van der Waals surface area contributed by atoms with Crippen LogP contribution in [-0.4, -0.2) is 18.9 Å². The molecule has 3 nitrogen and oxygen atoms in total. The van der Waals surface area contributed by atoms with Crippen molar-refractivity contribution >= 4 is 23.1 Å². The highest BCUT2D eigenvalue weighted by Gasteiger charge is 2.46. The maximum absolute atomic E-state index is 13.1. The van der Waals surface area contributed by atoms with E-state index < -0.39 is 11.9 Å². The molecule has 0 N–H and O–H groups in total. The molecular formula is C15H11FO3S. The van der Waals surface area contributed by atoms with Gasteiger partial charge >= 0.3 is 5.97 Å². The Morgan fingerprint density at radius 1 is 1.25 bits per heavy atom. The highest BCUT2D eigenvalue weighted by molar-refractivity contribution is 7.10. The Hall–Kier alpha value is -2.01. The molecular weight excluding hydrogens is 279 g/mol. The standard InChI is InChI=1S/C15H11FO3S/c1-19-15(18)12-11(8-2-4-9(16)5-3-8)14-10(13(12)17)6-7-20-14/h2-7,11-12H,1H3/t11-,12-/m0/s1. The zero-order valence-corrected chi connectivity index (χ0v) is 11.4. The molecule has 2 aromatic rings. The third kappa shape index (κ3) is 1.86. The van der Waals surface area contributed by atoms with Gasteiger partial charge in [-0.1, -0.05) is 12.1 Å². The molecule has 0 saturated carbocycles. The van der Waals surface area contributed by atoms with Gasteiger partial charge in [-0.15, -0.1) is 11.3 Å². The molecule has 0 saturated heterocycles. The van der Waals surface area contributed by atoms with Gasteiger partial charge in [0.25, 0.3) is 0 Å². The second-order valence-electron chi connectivity index (χ2n) is 4.59. The van der Waals surface area contributed by atoms with Gasteiger partial charge in [-0.3, -0.25) is 9.59 Å². The number of carbonyl (C=O) groups is 2. The maximum atomic E-state index is 13.1. The molecule has 1 heterocycles. The fourth-order valence-electron chi connectivity index (χ4n) is 2.62. The normalized spacial score (nSPS) is 20.8. The molecule has 102 valence electrons. The SMILES string of the molecule is COC(=O)[C@@H]1C(=O)c2ccsc2[C@H]1c1ccc(F)cc1. The second-order valence-corrected chi connectivity index (χ2v) is 5.54. The van der Waals surface area contributed by atoms with Crippen molar-refractivity contribution < 1.29 is 18.7 Å². The predicted molar refractivity (Wildman–Crippen MR) is 72.4 cm³/mol. The quantitative estimate of drug-likeness (QED) is 0.631. The van der Waals surface area contributed by atoms with Crippen LogP contribution in [0.3, 0.4) is 0 Å². The Kier molecular flexibility index (Phi) is 3.14. The van der Waals surface area contributed by atoms with Crippen molar-refractivity contribution in [2.45, 2.75) is 5.92 Å². The highest BCUT2D eigenvalue weighted by Crippen LogP contribution is 2.45. The van der Waals surface area contributed by atoms with E-state index in [0.29, 0.717) is 5.56 Å². The molecule has 0 spiro atoms. The van der Waals surface area contributed by atoms with E-state index in [9.17, 15) is 14.0 Å². The summed E-state index contributed by atoms with van der Waals surface area (Å²) < 4.78 is 17.8. The summed E-state index contributed by atoms with van der Waals surface area (Å²) >= 11 is 1.43. The first-order chi connectivity index (χ1) is 9.63. The number of methoxy groups -OCH3 is 1. The minimum absolute atomic E-state index is 0.220. The van der Waals surface area contributed by atoms with Gasteiger partial charge in [0.15, 0.2) is 5.78 Å². The van der Waals surface area contributed by atoms with Gasteiger partial charge in [-0.25, -0.2) is 4.39 Å². The van der Waals surface area contributed by atoms with Crippen LogP contribution in [0, 0.1) is 11.7 Å². The van der Waals surface area contributed by atoms with Crippen LogP contribution in [-0.2, 0) is 9.53 Å². The number of ketones is 1. The van der Waals surface area contributed by atoms with Crippen molar-refractivity contribution in [3.05, 3.63) is 57.5 Å². The molecule has 1 aliphatic carbocycles. The Bertz CT molecular complexity index is 675. The Morgan fingerprint density at radius 3 is 2.60 bits per heavy atom. The van der Waals surface area contributed by atoms with Crippen molar-refractivity contribution in [2.24, 2.45) is 5.92 Å². The summed E-state index contributed by atoms with van der Waals surface area (Å²) in [6.07, 6.45) is 0. The smallest absolute Gasteiger partial charge is 0.317 e. The number of rotatable bonds is 2. The summed E-state index contributed by atoms with van der Waals surface area (Å²) in [6.45, 7) is 0. The number of Topliss-reactive ketones (excluding diaryl/α,β-unsaturated/α-hetero) is 1. The summed E-state index contributed by atoms with van der Waals surface area (Å²) in [5, 5.41) is 1.83. The topological polar surface area (TPSA) is 43.4 Å². The fraction of sp³-hybridized carbons (Fsp3) is 0.200. The van der Waals surface area contributed by atoms with Crippen LogP contribution in [0.1, 0.15) is 26.7 Å². The van der Waals surface area contributed by atoms with E-state index in [1.165, 1.54) is 30.6 Å². The number of ether oxygens (including phenoxy) is 1. The van der Waals surface area contributed by atoms with Crippen molar-refractivity contribution in [2.75, 3.05) is 7.11 Å². The van der Waals surface area contributed by atoms with E-state index in [4.69, 9.17) is 4.74 Å². The third-order valence-electron chi connectivity index (χ3n) is 3.54. The van der Waals surface area contributed by atoms with Crippen molar-refractivity contribution in [3.8, 4) is 0 Å². The molecule has 2 atom stereocenters. The molecule has 1 aromatic heterocycles. The minimum atomic E-state index is -0.868. The van der Waals surface area contributed by atoms with Crippen LogP contribution in [0.2, 0.25) is 0 Å². The molecule has 1 aliphatic rings. The van der Waals surface area contributed by atoms with Gasteiger partial charge in [0.05, 0.1) is 7.11 Å². The molecule has 5 heteroatoms. The van der Waals surface area contributed by atoms with Gasteiger partial charge in [0.1, 0.15) is 11.7 Å². The molecule has 20 heavy (non-hydrogen) atoms. The Balaban J connectivity index is 2.12. The lowest BCUT2D eigenvalue weighted by atomic mass is 9.88. The van der Waals surface area contributed by atoms with Crippen LogP contribution in [0.25, 0.3) is 0 Å². The van der Waals surface area contributed by atoms with Crippen LogP contribution >= 0.6 is 11.3 Å². The van der Waals surface area contributed by atoms with E-state index in [2.05, 4.69) is 0 Å². The largest absolute Gasteiger partial charge is 0.468 e. The summed E-state index contributed by atoms with van der Waals surface area (Å²) in [5.74, 6) is -2.37. The van der Waals surface area contributed by atoms with Crippen LogP contribution in [0.15, 0.2) is 35.7 Å². The summed E-state index contributed by atoms with van der Waals surface area (Å²) in [6, 6.07) is 7.61. The molecule has 0 radical (unpaired) electrons. The third-order valence-corrected chi connectivity index (χ3v) is 4.54. The number of carbonyl (C=O) groups excluding carboxylic acids is 2. The zero-order chi connectivity index (χ0) is 14.3. The molecule has 0 amide bonds. The summed E-state index contributed by atoms with van der Waals surface area (Å²) in [5.41, 5.74) is 1.32. The lowest BCUT2D eigenvalue weighted by Crippen LogP contribution is -2.26. The average Bonchev–Trinajstić information content (AvgIpc) is 3.02. The number of halogens is 1. The molecule has 3 rings (SSSR count). The summed E-state index contributed by atoms with van der Waals surface area (Å²) in [4.78, 5) is 25.1. The number of hydrogen-bond acceptors (Lipinski definition) is 4. The summed E-state index contributed by atoms with van der Waals surface area (Å²) in [7, 11) is 1.27. The van der Waals surface area contributed by atoms with E-state index in [1.807, 2.05) is 5.38 Å². The number of esters is 1. The number of fused-ring (bicyclic) bond motifs is 1. The molecule has 0 unspecified atom stereocenters. The van der Waals surface area contributed by atoms with E-state index in [-0.39, 0.29) is 17.5 Å². The predicted octanol–water partition coefficient (Wildman–Crippen LogP) is 3.00. The zero-order valence-electron chi connectivity index (χ0n) is 10.6. The van der Waals surface area contributed by atoms with Gasteiger partial charge in [0, 0.05) is 16.4 Å².